The lowest BCUT2D eigenvalue weighted by Gasteiger charge is -2.37. The van der Waals surface area contributed by atoms with Crippen molar-refractivity contribution in [3.63, 3.8) is 0 Å². The van der Waals surface area contributed by atoms with Crippen LogP contribution in [-0.2, 0) is 11.2 Å². The number of carbonyl (C=O) groups is 2. The molecule has 0 saturated heterocycles. The summed E-state index contributed by atoms with van der Waals surface area (Å²) in [6.07, 6.45) is 4.52. The van der Waals surface area contributed by atoms with E-state index in [1.165, 1.54) is 11.1 Å². The van der Waals surface area contributed by atoms with Gasteiger partial charge in [-0.25, -0.2) is 0 Å². The molecule has 0 unspecified atom stereocenters. The monoisotopic (exact) mass is 464 g/mol. The van der Waals surface area contributed by atoms with Crippen molar-refractivity contribution in [2.24, 2.45) is 5.92 Å². The third-order valence-corrected chi connectivity index (χ3v) is 7.42. The van der Waals surface area contributed by atoms with Gasteiger partial charge in [-0.1, -0.05) is 18.2 Å². The third-order valence-electron chi connectivity index (χ3n) is 6.43. The molecule has 172 valence electrons. The molecule has 3 heterocycles. The minimum absolute atomic E-state index is 0.0502. The minimum Gasteiger partial charge on any atom is -0.491 e. The molecule has 2 aliphatic rings. The zero-order valence-corrected chi connectivity index (χ0v) is 19.6. The van der Waals surface area contributed by atoms with Crippen LogP contribution in [-0.4, -0.2) is 47.9 Å². The van der Waals surface area contributed by atoms with Crippen molar-refractivity contribution in [3.05, 3.63) is 75.9 Å². The van der Waals surface area contributed by atoms with Gasteiger partial charge in [0.05, 0.1) is 12.3 Å². The van der Waals surface area contributed by atoms with Crippen molar-refractivity contribution in [1.29, 1.82) is 0 Å². The summed E-state index contributed by atoms with van der Waals surface area (Å²) in [4.78, 5) is 31.4. The summed E-state index contributed by atoms with van der Waals surface area (Å²) < 4.78 is 11.5. The van der Waals surface area contributed by atoms with Crippen molar-refractivity contribution in [2.45, 2.75) is 32.2 Å². The van der Waals surface area contributed by atoms with E-state index in [-0.39, 0.29) is 30.2 Å². The Morgan fingerprint density at radius 1 is 1.18 bits per heavy atom. The molecule has 1 fully saturated rings. The quantitative estimate of drug-likeness (QED) is 0.485. The number of ether oxygens (including phenoxy) is 1. The highest BCUT2D eigenvalue weighted by atomic mass is 32.1. The second kappa shape index (κ2) is 9.43. The summed E-state index contributed by atoms with van der Waals surface area (Å²) in [7, 11) is 0. The fourth-order valence-electron chi connectivity index (χ4n) is 4.40. The molecule has 0 spiro atoms. The third kappa shape index (κ3) is 4.83. The summed E-state index contributed by atoms with van der Waals surface area (Å²) >= 11 is 1.73. The summed E-state index contributed by atoms with van der Waals surface area (Å²) in [5, 5.41) is 2.08. The van der Waals surface area contributed by atoms with Crippen LogP contribution in [0.25, 0.3) is 0 Å². The lowest BCUT2D eigenvalue weighted by molar-refractivity contribution is -0.135. The van der Waals surface area contributed by atoms with E-state index in [1.807, 2.05) is 36.1 Å². The van der Waals surface area contributed by atoms with Gasteiger partial charge in [-0.2, -0.15) is 0 Å². The molecule has 0 radical (unpaired) electrons. The Balaban J connectivity index is 1.34. The summed E-state index contributed by atoms with van der Waals surface area (Å²) in [5.41, 5.74) is 2.22. The lowest BCUT2D eigenvalue weighted by atomic mass is 10.00. The number of benzene rings is 1. The summed E-state index contributed by atoms with van der Waals surface area (Å²) in [5.74, 6) is 1.31. The predicted octanol–water partition coefficient (Wildman–Crippen LogP) is 4.71. The Morgan fingerprint density at radius 3 is 2.79 bits per heavy atom. The molecule has 1 saturated carbocycles. The maximum Gasteiger partial charge on any atom is 0.290 e. The van der Waals surface area contributed by atoms with Crippen LogP contribution in [0.5, 0.6) is 5.75 Å². The van der Waals surface area contributed by atoms with Crippen LogP contribution >= 0.6 is 11.3 Å². The number of aryl methyl sites for hydroxylation is 1. The maximum absolute atomic E-state index is 13.6. The molecule has 6 nitrogen and oxygen atoms in total. The topological polar surface area (TPSA) is 63.0 Å². The van der Waals surface area contributed by atoms with Crippen LogP contribution in [0.1, 0.15) is 45.4 Å². The number of carbonyl (C=O) groups excluding carboxylic acids is 2. The average Bonchev–Trinajstić information content (AvgIpc) is 3.26. The normalized spacial score (nSPS) is 17.5. The predicted molar refractivity (Wildman–Crippen MR) is 126 cm³/mol. The van der Waals surface area contributed by atoms with E-state index in [4.69, 9.17) is 9.15 Å². The zero-order chi connectivity index (χ0) is 22.8. The van der Waals surface area contributed by atoms with Gasteiger partial charge in [-0.3, -0.25) is 9.59 Å². The Hall–Kier alpha value is -3.06. The summed E-state index contributed by atoms with van der Waals surface area (Å²) in [6, 6.07) is 13.2. The van der Waals surface area contributed by atoms with Gasteiger partial charge >= 0.3 is 0 Å². The van der Waals surface area contributed by atoms with E-state index in [2.05, 4.69) is 11.4 Å². The zero-order valence-electron chi connectivity index (χ0n) is 18.7. The molecule has 3 aromatic rings. The standard InChI is InChI=1S/C26H28N2O4S/c1-18-5-2-3-6-22(18)32-17-21-20-11-14-33-24(20)10-12-28(21)25(29)16-27(15-19-8-9-19)26(30)23-7-4-13-31-23/h2-7,11,13-14,19,21H,8-10,12,15-17H2,1H3/t21-/m1/s1. The van der Waals surface area contributed by atoms with Gasteiger partial charge in [-0.15, -0.1) is 11.3 Å². The lowest BCUT2D eigenvalue weighted by Crippen LogP contribution is -2.48. The minimum atomic E-state index is -0.221. The molecular formula is C26H28N2O4S. The van der Waals surface area contributed by atoms with Crippen LogP contribution in [0, 0.1) is 12.8 Å². The highest BCUT2D eigenvalue weighted by Crippen LogP contribution is 2.35. The fraction of sp³-hybridized carbons (Fsp3) is 0.385. The van der Waals surface area contributed by atoms with Crippen molar-refractivity contribution in [1.82, 2.24) is 9.80 Å². The fourth-order valence-corrected chi connectivity index (χ4v) is 5.33. The molecule has 0 bridgehead atoms. The molecule has 5 rings (SSSR count). The second-order valence-electron chi connectivity index (χ2n) is 8.83. The van der Waals surface area contributed by atoms with Crippen LogP contribution in [0.4, 0.5) is 0 Å². The Morgan fingerprint density at radius 2 is 2.03 bits per heavy atom. The SMILES string of the molecule is Cc1ccccc1OC[C@@H]1c2ccsc2CCN1C(=O)CN(CC1CC1)C(=O)c1ccco1. The highest BCUT2D eigenvalue weighted by molar-refractivity contribution is 7.10. The van der Waals surface area contributed by atoms with E-state index in [9.17, 15) is 9.59 Å². The number of hydrogen-bond acceptors (Lipinski definition) is 5. The average molecular weight is 465 g/mol. The Bertz CT molecular complexity index is 1120. The molecule has 7 heteroatoms. The van der Waals surface area contributed by atoms with Gasteiger partial charge in [0, 0.05) is 18.0 Å². The second-order valence-corrected chi connectivity index (χ2v) is 9.84. The van der Waals surface area contributed by atoms with Gasteiger partial charge in [0.2, 0.25) is 5.91 Å². The summed E-state index contributed by atoms with van der Waals surface area (Å²) in [6.45, 7) is 3.67. The van der Waals surface area contributed by atoms with E-state index in [0.29, 0.717) is 25.6 Å². The van der Waals surface area contributed by atoms with Crippen LogP contribution in [0.2, 0.25) is 0 Å². The molecular weight excluding hydrogens is 436 g/mol. The van der Waals surface area contributed by atoms with Gasteiger partial charge in [-0.05, 0) is 72.9 Å². The maximum atomic E-state index is 13.6. The van der Waals surface area contributed by atoms with E-state index in [0.717, 1.165) is 36.1 Å². The number of thiophene rings is 1. The molecule has 0 N–H and O–H groups in total. The first-order valence-corrected chi connectivity index (χ1v) is 12.3. The smallest absolute Gasteiger partial charge is 0.290 e. The van der Waals surface area contributed by atoms with E-state index >= 15 is 0 Å². The Kier molecular flexibility index (Phi) is 6.22. The van der Waals surface area contributed by atoms with Gasteiger partial charge < -0.3 is 19.0 Å². The number of para-hydroxylation sites is 1. The number of furan rings is 1. The van der Waals surface area contributed by atoms with Crippen molar-refractivity contribution < 1.29 is 18.7 Å². The molecule has 2 aromatic heterocycles. The first-order chi connectivity index (χ1) is 16.1. The number of nitrogens with zero attached hydrogens (tertiary/aromatic N) is 2. The molecule has 1 aliphatic carbocycles. The van der Waals surface area contributed by atoms with Gasteiger partial charge in [0.25, 0.3) is 5.91 Å². The van der Waals surface area contributed by atoms with Gasteiger partial charge in [0.1, 0.15) is 18.9 Å². The van der Waals surface area contributed by atoms with E-state index < -0.39 is 0 Å². The number of hydrogen-bond donors (Lipinski definition) is 0. The van der Waals surface area contributed by atoms with Crippen molar-refractivity contribution >= 4 is 23.2 Å². The molecule has 33 heavy (non-hydrogen) atoms. The van der Waals surface area contributed by atoms with E-state index in [1.54, 1.807) is 28.4 Å². The first-order valence-electron chi connectivity index (χ1n) is 11.5. The number of fused-ring (bicyclic) bond motifs is 1. The first kappa shape index (κ1) is 21.8. The molecule has 1 atom stereocenters. The van der Waals surface area contributed by atoms with Crippen LogP contribution in [0.3, 0.4) is 0 Å². The largest absolute Gasteiger partial charge is 0.491 e. The highest BCUT2D eigenvalue weighted by Gasteiger charge is 2.35. The van der Waals surface area contributed by atoms with Crippen molar-refractivity contribution in [2.75, 3.05) is 26.2 Å². The molecule has 2 amide bonds. The van der Waals surface area contributed by atoms with Crippen molar-refractivity contribution in [3.8, 4) is 5.75 Å². The molecule has 1 aliphatic heterocycles. The van der Waals surface area contributed by atoms with Crippen LogP contribution in [0.15, 0.2) is 58.5 Å². The number of amides is 2. The Labute approximate surface area is 197 Å². The molecule has 1 aromatic carbocycles. The van der Waals surface area contributed by atoms with Gasteiger partial charge in [0.15, 0.2) is 5.76 Å². The van der Waals surface area contributed by atoms with Crippen LogP contribution < -0.4 is 4.74 Å². The number of rotatable bonds is 8.